The molecule has 5 aliphatic carbocycles. The Bertz CT molecular complexity index is 847. The van der Waals surface area contributed by atoms with E-state index in [1.54, 1.807) is 6.92 Å². The Morgan fingerprint density at radius 3 is 2.45 bits per heavy atom. The van der Waals surface area contributed by atoms with Crippen LogP contribution in [0.15, 0.2) is 23.3 Å². The maximum Gasteiger partial charge on any atom is 0.309 e. The van der Waals surface area contributed by atoms with Crippen LogP contribution in [0.2, 0.25) is 0 Å². The van der Waals surface area contributed by atoms with Gasteiger partial charge in [-0.3, -0.25) is 14.4 Å². The molecule has 0 saturated heterocycles. The van der Waals surface area contributed by atoms with E-state index in [1.807, 2.05) is 6.08 Å². The summed E-state index contributed by atoms with van der Waals surface area (Å²) in [7, 11) is 0. The van der Waals surface area contributed by atoms with Crippen molar-refractivity contribution >= 4 is 17.5 Å². The fourth-order valence-corrected chi connectivity index (χ4v) is 7.29. The zero-order valence-electron chi connectivity index (χ0n) is 17.8. The van der Waals surface area contributed by atoms with E-state index in [4.69, 9.17) is 4.74 Å². The first-order valence-corrected chi connectivity index (χ1v) is 11.4. The molecule has 0 aromatic heterocycles. The van der Waals surface area contributed by atoms with Crippen molar-refractivity contribution in [2.45, 2.75) is 78.2 Å². The highest BCUT2D eigenvalue weighted by molar-refractivity contribution is 5.98. The number of esters is 1. The summed E-state index contributed by atoms with van der Waals surface area (Å²) in [6, 6.07) is 0. The molecule has 0 aliphatic heterocycles. The van der Waals surface area contributed by atoms with Gasteiger partial charge in [-0.15, -0.1) is 0 Å². The highest BCUT2D eigenvalue weighted by atomic mass is 16.5. The normalized spacial score (nSPS) is 43.5. The third-order valence-corrected chi connectivity index (χ3v) is 9.03. The van der Waals surface area contributed by atoms with Crippen LogP contribution >= 0.6 is 0 Å². The molecular formula is C25H32O4. The highest BCUT2D eigenvalue weighted by Crippen LogP contribution is 2.65. The van der Waals surface area contributed by atoms with Crippen LogP contribution in [0, 0.1) is 34.5 Å². The standard InChI is InChI=1S/C25H32O4/c1-14(26)18-6-7-19-17-13-22(27)21-12-16(29-23(28)15-4-5-15)8-10-25(21,3)20(17)9-11-24(18,19)2/h6,12,15-17,19-20H,4-5,7-11,13H2,1-3H3/t16-,17-,19-,20-,24+,25+/m0/s1. The Morgan fingerprint density at radius 1 is 1.03 bits per heavy atom. The number of ketones is 2. The third kappa shape index (κ3) is 2.81. The first-order chi connectivity index (χ1) is 13.7. The van der Waals surface area contributed by atoms with Gasteiger partial charge in [-0.25, -0.2) is 0 Å². The van der Waals surface area contributed by atoms with Crippen LogP contribution in [0.5, 0.6) is 0 Å². The maximum absolute atomic E-state index is 13.3. The fourth-order valence-electron chi connectivity index (χ4n) is 7.29. The Balaban J connectivity index is 1.41. The topological polar surface area (TPSA) is 60.4 Å². The molecule has 0 bridgehead atoms. The molecule has 5 rings (SSSR count). The summed E-state index contributed by atoms with van der Waals surface area (Å²) >= 11 is 0. The molecule has 0 unspecified atom stereocenters. The summed E-state index contributed by atoms with van der Waals surface area (Å²) in [6.07, 6.45) is 11.1. The van der Waals surface area contributed by atoms with Crippen molar-refractivity contribution in [2.75, 3.05) is 0 Å². The van der Waals surface area contributed by atoms with E-state index >= 15 is 0 Å². The summed E-state index contributed by atoms with van der Waals surface area (Å²) in [5.74, 6) is 1.66. The number of rotatable bonds is 3. The number of Topliss-reactive ketones (excluding diaryl/α,β-unsaturated/α-hetero) is 2. The van der Waals surface area contributed by atoms with E-state index in [0.29, 0.717) is 24.2 Å². The summed E-state index contributed by atoms with van der Waals surface area (Å²) in [6.45, 7) is 6.20. The number of hydrogen-bond acceptors (Lipinski definition) is 4. The molecule has 0 heterocycles. The average molecular weight is 397 g/mol. The second-order valence-electron chi connectivity index (χ2n) is 10.7. The van der Waals surface area contributed by atoms with E-state index in [9.17, 15) is 14.4 Å². The van der Waals surface area contributed by atoms with E-state index < -0.39 is 0 Å². The van der Waals surface area contributed by atoms with Crippen molar-refractivity contribution in [3.05, 3.63) is 23.3 Å². The monoisotopic (exact) mass is 396 g/mol. The molecule has 0 aromatic rings. The molecule has 0 radical (unpaired) electrons. The van der Waals surface area contributed by atoms with Gasteiger partial charge in [0.2, 0.25) is 0 Å². The Hall–Kier alpha value is -1.71. The third-order valence-electron chi connectivity index (χ3n) is 9.03. The van der Waals surface area contributed by atoms with Crippen LogP contribution in [0.3, 0.4) is 0 Å². The molecule has 4 nitrogen and oxygen atoms in total. The summed E-state index contributed by atoms with van der Waals surface area (Å²) < 4.78 is 5.71. The van der Waals surface area contributed by atoms with Crippen LogP contribution in [-0.4, -0.2) is 23.6 Å². The minimum atomic E-state index is -0.238. The molecule has 4 heteroatoms. The average Bonchev–Trinajstić information content (AvgIpc) is 3.44. The van der Waals surface area contributed by atoms with Gasteiger partial charge in [-0.2, -0.15) is 0 Å². The van der Waals surface area contributed by atoms with E-state index in [1.165, 1.54) is 0 Å². The highest BCUT2D eigenvalue weighted by Gasteiger charge is 2.59. The van der Waals surface area contributed by atoms with Crippen LogP contribution < -0.4 is 0 Å². The summed E-state index contributed by atoms with van der Waals surface area (Å²) in [5, 5.41) is 0. The van der Waals surface area contributed by atoms with Gasteiger partial charge in [0.1, 0.15) is 6.10 Å². The number of carbonyl (C=O) groups is 3. The smallest absolute Gasteiger partial charge is 0.309 e. The number of allylic oxidation sites excluding steroid dienone is 3. The lowest BCUT2D eigenvalue weighted by Gasteiger charge is -2.57. The quantitative estimate of drug-likeness (QED) is 0.656. The Morgan fingerprint density at radius 2 is 1.76 bits per heavy atom. The van der Waals surface area contributed by atoms with Gasteiger partial charge in [0.05, 0.1) is 5.92 Å². The van der Waals surface area contributed by atoms with Gasteiger partial charge in [0.15, 0.2) is 11.6 Å². The van der Waals surface area contributed by atoms with Gasteiger partial charge in [-0.1, -0.05) is 19.9 Å². The predicted molar refractivity (Wildman–Crippen MR) is 109 cm³/mol. The molecule has 6 atom stereocenters. The summed E-state index contributed by atoms with van der Waals surface area (Å²) in [5.41, 5.74) is 1.72. The number of hydrogen-bond donors (Lipinski definition) is 0. The predicted octanol–water partition coefficient (Wildman–Crippen LogP) is 4.58. The van der Waals surface area contributed by atoms with Crippen LogP contribution in [-0.2, 0) is 19.1 Å². The van der Waals surface area contributed by atoms with Crippen molar-refractivity contribution in [3.63, 3.8) is 0 Å². The first-order valence-electron chi connectivity index (χ1n) is 11.4. The van der Waals surface area contributed by atoms with Crippen molar-refractivity contribution in [2.24, 2.45) is 34.5 Å². The zero-order valence-corrected chi connectivity index (χ0v) is 17.8. The molecule has 3 fully saturated rings. The molecule has 0 aromatic carbocycles. The van der Waals surface area contributed by atoms with Gasteiger partial charge in [-0.05, 0) is 92.1 Å². The van der Waals surface area contributed by atoms with Crippen LogP contribution in [0.25, 0.3) is 0 Å². The Labute approximate surface area is 173 Å². The first kappa shape index (κ1) is 19.3. The van der Waals surface area contributed by atoms with Crippen molar-refractivity contribution in [1.29, 1.82) is 0 Å². The molecule has 3 saturated carbocycles. The summed E-state index contributed by atoms with van der Waals surface area (Å²) in [4.78, 5) is 37.6. The number of carbonyl (C=O) groups excluding carboxylic acids is 3. The zero-order chi connectivity index (χ0) is 20.6. The van der Waals surface area contributed by atoms with Crippen LogP contribution in [0.4, 0.5) is 0 Å². The van der Waals surface area contributed by atoms with E-state index in [2.05, 4.69) is 19.9 Å². The molecule has 0 spiro atoms. The lowest BCUT2D eigenvalue weighted by Crippen LogP contribution is -2.53. The minimum absolute atomic E-state index is 0.0676. The maximum atomic E-state index is 13.3. The van der Waals surface area contributed by atoms with Crippen molar-refractivity contribution in [3.8, 4) is 0 Å². The van der Waals surface area contributed by atoms with Gasteiger partial charge in [0, 0.05) is 12.0 Å². The van der Waals surface area contributed by atoms with Gasteiger partial charge >= 0.3 is 5.97 Å². The number of ether oxygens (including phenoxy) is 1. The van der Waals surface area contributed by atoms with Gasteiger partial charge < -0.3 is 4.74 Å². The second kappa shape index (κ2) is 6.39. The molecule has 0 amide bonds. The second-order valence-corrected chi connectivity index (χ2v) is 10.7. The minimum Gasteiger partial charge on any atom is -0.458 e. The fraction of sp³-hybridized carbons (Fsp3) is 0.720. The molecular weight excluding hydrogens is 364 g/mol. The van der Waals surface area contributed by atoms with E-state index in [-0.39, 0.29) is 40.4 Å². The Kier molecular flexibility index (Phi) is 4.25. The lowest BCUT2D eigenvalue weighted by atomic mass is 9.46. The molecule has 5 aliphatic rings. The molecule has 0 N–H and O–H groups in total. The number of fused-ring (bicyclic) bond motifs is 5. The molecule has 29 heavy (non-hydrogen) atoms. The van der Waals surface area contributed by atoms with Crippen molar-refractivity contribution in [1.82, 2.24) is 0 Å². The SMILES string of the molecule is CC(=O)C1=CC[C@H]2[C@@H]3CC(=O)C4=C[C@@H](OC(=O)C5CC5)CC[C@]4(C)[C@H]3CC[C@]12C. The lowest BCUT2D eigenvalue weighted by molar-refractivity contribution is -0.150. The van der Waals surface area contributed by atoms with Crippen LogP contribution in [0.1, 0.15) is 72.1 Å². The van der Waals surface area contributed by atoms with Gasteiger partial charge in [0.25, 0.3) is 0 Å². The molecule has 156 valence electrons. The van der Waals surface area contributed by atoms with E-state index in [0.717, 1.165) is 56.1 Å². The van der Waals surface area contributed by atoms with Crippen molar-refractivity contribution < 1.29 is 19.1 Å². The largest absolute Gasteiger partial charge is 0.458 e.